The number of unbranched alkanes of at least 4 members (excludes halogenated alkanes) is 2. The number of aliphatic carboxylic acids is 1. The summed E-state index contributed by atoms with van der Waals surface area (Å²) in [6, 6.07) is 0. The minimum Gasteiger partial charge on any atom is -0.480 e. The molecule has 78 valence electrons. The second-order valence-corrected chi connectivity index (χ2v) is 3.60. The molecule has 0 aliphatic carbocycles. The fourth-order valence-electron chi connectivity index (χ4n) is 1.03. The molecule has 0 rings (SSSR count). The molecule has 0 fully saturated rings. The van der Waals surface area contributed by atoms with Gasteiger partial charge in [0.25, 0.3) is 0 Å². The highest BCUT2D eigenvalue weighted by molar-refractivity contribution is 5.78. The molecule has 0 aliphatic heterocycles. The fraction of sp³-hybridized carbons (Fsp3) is 0.889. The van der Waals surface area contributed by atoms with Crippen molar-refractivity contribution in [1.82, 2.24) is 0 Å². The highest BCUT2D eigenvalue weighted by atomic mass is 16.4. The monoisotopic (exact) mass is 189 g/mol. The Hall–Kier alpha value is -0.610. The van der Waals surface area contributed by atoms with E-state index in [4.69, 9.17) is 10.8 Å². The van der Waals surface area contributed by atoms with Crippen molar-refractivity contribution >= 4 is 5.97 Å². The van der Waals surface area contributed by atoms with Crippen LogP contribution in [0.4, 0.5) is 0 Å². The normalized spacial score (nSPS) is 17.8. The molecule has 0 radical (unpaired) electrons. The van der Waals surface area contributed by atoms with Crippen LogP contribution in [0.15, 0.2) is 0 Å². The molecule has 0 spiro atoms. The number of carbonyl (C=O) groups is 1. The van der Waals surface area contributed by atoms with Crippen LogP contribution in [-0.4, -0.2) is 27.8 Å². The molecule has 4 nitrogen and oxygen atoms in total. The molecule has 0 heterocycles. The van der Waals surface area contributed by atoms with Crippen LogP contribution in [0.2, 0.25) is 0 Å². The molecule has 0 amide bonds. The molecular formula is C9H19NO3. The Morgan fingerprint density at radius 2 is 2.08 bits per heavy atom. The number of rotatable bonds is 6. The molecule has 0 aromatic heterocycles. The van der Waals surface area contributed by atoms with Gasteiger partial charge in [-0.1, -0.05) is 26.2 Å². The maximum absolute atomic E-state index is 10.6. The Morgan fingerprint density at radius 3 is 2.46 bits per heavy atom. The van der Waals surface area contributed by atoms with Gasteiger partial charge in [-0.15, -0.1) is 0 Å². The Balaban J connectivity index is 3.94. The molecule has 4 N–H and O–H groups in total. The summed E-state index contributed by atoms with van der Waals surface area (Å²) in [5.74, 6) is -1.16. The Morgan fingerprint density at radius 1 is 1.54 bits per heavy atom. The molecular weight excluding hydrogens is 170 g/mol. The Labute approximate surface area is 78.7 Å². The summed E-state index contributed by atoms with van der Waals surface area (Å²) in [5, 5.41) is 18.2. The van der Waals surface area contributed by atoms with Crippen LogP contribution in [0.25, 0.3) is 0 Å². The number of carboxylic acid groups (broad SMARTS) is 1. The summed E-state index contributed by atoms with van der Waals surface area (Å²) in [7, 11) is 0. The SMILES string of the molecule is CCCCCC(O)C(C)(N)C(=O)O. The number of hydrogen-bond acceptors (Lipinski definition) is 3. The van der Waals surface area contributed by atoms with Gasteiger partial charge in [0.15, 0.2) is 0 Å². The summed E-state index contributed by atoms with van der Waals surface area (Å²) < 4.78 is 0. The summed E-state index contributed by atoms with van der Waals surface area (Å²) >= 11 is 0. The van der Waals surface area contributed by atoms with Gasteiger partial charge in [0.05, 0.1) is 6.10 Å². The second-order valence-electron chi connectivity index (χ2n) is 3.60. The van der Waals surface area contributed by atoms with E-state index in [1.165, 1.54) is 6.92 Å². The average Bonchev–Trinajstić information content (AvgIpc) is 2.04. The minimum absolute atomic E-state index is 0.452. The number of carboxylic acids is 1. The van der Waals surface area contributed by atoms with E-state index in [2.05, 4.69) is 0 Å². The number of aliphatic hydroxyl groups is 1. The number of aliphatic hydroxyl groups excluding tert-OH is 1. The van der Waals surface area contributed by atoms with Gasteiger partial charge in [-0.25, -0.2) is 0 Å². The molecule has 0 aromatic carbocycles. The lowest BCUT2D eigenvalue weighted by molar-refractivity contribution is -0.147. The van der Waals surface area contributed by atoms with Crippen LogP contribution < -0.4 is 5.73 Å². The van der Waals surface area contributed by atoms with E-state index in [0.717, 1.165) is 19.3 Å². The van der Waals surface area contributed by atoms with Crippen molar-refractivity contribution < 1.29 is 15.0 Å². The van der Waals surface area contributed by atoms with E-state index in [1.807, 2.05) is 6.92 Å². The van der Waals surface area contributed by atoms with E-state index >= 15 is 0 Å². The minimum atomic E-state index is -1.52. The third-order valence-electron chi connectivity index (χ3n) is 2.23. The van der Waals surface area contributed by atoms with Crippen molar-refractivity contribution in [3.63, 3.8) is 0 Å². The lowest BCUT2D eigenvalue weighted by Crippen LogP contribution is -2.54. The van der Waals surface area contributed by atoms with Gasteiger partial charge in [0.2, 0.25) is 0 Å². The van der Waals surface area contributed by atoms with Gasteiger partial charge in [-0.3, -0.25) is 4.79 Å². The van der Waals surface area contributed by atoms with Gasteiger partial charge in [-0.05, 0) is 13.3 Å². The Bertz CT molecular complexity index is 168. The standard InChI is InChI=1S/C9H19NO3/c1-3-4-5-6-7(11)9(2,10)8(12)13/h7,11H,3-6,10H2,1-2H3,(H,12,13). The maximum atomic E-state index is 10.6. The molecule has 0 aliphatic rings. The lowest BCUT2D eigenvalue weighted by atomic mass is 9.92. The highest BCUT2D eigenvalue weighted by Crippen LogP contribution is 2.13. The zero-order valence-corrected chi connectivity index (χ0v) is 8.29. The number of hydrogen-bond donors (Lipinski definition) is 3. The summed E-state index contributed by atoms with van der Waals surface area (Å²) in [6.45, 7) is 3.39. The average molecular weight is 189 g/mol. The maximum Gasteiger partial charge on any atom is 0.326 e. The zero-order chi connectivity index (χ0) is 10.5. The van der Waals surface area contributed by atoms with Crippen LogP contribution in [-0.2, 0) is 4.79 Å². The van der Waals surface area contributed by atoms with Crippen LogP contribution in [0.5, 0.6) is 0 Å². The molecule has 2 unspecified atom stereocenters. The molecule has 4 heteroatoms. The van der Waals surface area contributed by atoms with Crippen molar-refractivity contribution in [2.45, 2.75) is 51.2 Å². The zero-order valence-electron chi connectivity index (χ0n) is 8.29. The van der Waals surface area contributed by atoms with Gasteiger partial charge < -0.3 is 15.9 Å². The second kappa shape index (κ2) is 5.19. The van der Waals surface area contributed by atoms with Crippen LogP contribution >= 0.6 is 0 Å². The molecule has 0 bridgehead atoms. The van der Waals surface area contributed by atoms with E-state index in [1.54, 1.807) is 0 Å². The first kappa shape index (κ1) is 12.4. The van der Waals surface area contributed by atoms with Crippen LogP contribution in [0.3, 0.4) is 0 Å². The highest BCUT2D eigenvalue weighted by Gasteiger charge is 2.35. The van der Waals surface area contributed by atoms with Crippen molar-refractivity contribution in [1.29, 1.82) is 0 Å². The van der Waals surface area contributed by atoms with Crippen molar-refractivity contribution in [2.24, 2.45) is 5.73 Å². The van der Waals surface area contributed by atoms with Crippen molar-refractivity contribution in [3.8, 4) is 0 Å². The van der Waals surface area contributed by atoms with Gasteiger partial charge >= 0.3 is 5.97 Å². The smallest absolute Gasteiger partial charge is 0.326 e. The quantitative estimate of drug-likeness (QED) is 0.538. The third kappa shape index (κ3) is 3.74. The summed E-state index contributed by atoms with van der Waals surface area (Å²) in [5.41, 5.74) is 3.92. The van der Waals surface area contributed by atoms with Crippen molar-refractivity contribution in [3.05, 3.63) is 0 Å². The van der Waals surface area contributed by atoms with Gasteiger partial charge in [0, 0.05) is 0 Å². The van der Waals surface area contributed by atoms with E-state index in [-0.39, 0.29) is 0 Å². The fourth-order valence-corrected chi connectivity index (χ4v) is 1.03. The summed E-state index contributed by atoms with van der Waals surface area (Å²) in [6.07, 6.45) is 2.34. The van der Waals surface area contributed by atoms with E-state index in [0.29, 0.717) is 6.42 Å². The first-order chi connectivity index (χ1) is 5.92. The summed E-state index contributed by atoms with van der Waals surface area (Å²) in [4.78, 5) is 10.6. The first-order valence-electron chi connectivity index (χ1n) is 4.63. The van der Waals surface area contributed by atoms with E-state index in [9.17, 15) is 9.90 Å². The van der Waals surface area contributed by atoms with Crippen LogP contribution in [0.1, 0.15) is 39.5 Å². The molecule has 2 atom stereocenters. The van der Waals surface area contributed by atoms with E-state index < -0.39 is 17.6 Å². The molecule has 0 saturated heterocycles. The van der Waals surface area contributed by atoms with Gasteiger partial charge in [-0.2, -0.15) is 0 Å². The first-order valence-corrected chi connectivity index (χ1v) is 4.63. The predicted molar refractivity (Wildman–Crippen MR) is 50.4 cm³/mol. The molecule has 0 saturated carbocycles. The third-order valence-corrected chi connectivity index (χ3v) is 2.23. The van der Waals surface area contributed by atoms with Crippen LogP contribution in [0, 0.1) is 0 Å². The largest absolute Gasteiger partial charge is 0.480 e. The molecule has 13 heavy (non-hydrogen) atoms. The van der Waals surface area contributed by atoms with Gasteiger partial charge in [0.1, 0.15) is 5.54 Å². The molecule has 0 aromatic rings. The Kier molecular flexibility index (Phi) is 4.95. The number of nitrogens with two attached hydrogens (primary N) is 1. The predicted octanol–water partition coefficient (Wildman–Crippen LogP) is 0.730. The van der Waals surface area contributed by atoms with Crippen molar-refractivity contribution in [2.75, 3.05) is 0 Å². The lowest BCUT2D eigenvalue weighted by Gasteiger charge is -2.25. The topological polar surface area (TPSA) is 83.5 Å².